The second-order valence-corrected chi connectivity index (χ2v) is 6.77. The van der Waals surface area contributed by atoms with Crippen LogP contribution in [0.4, 0.5) is 10.5 Å². The molecule has 2 aliphatic heterocycles. The summed E-state index contributed by atoms with van der Waals surface area (Å²) in [6, 6.07) is 6.23. The van der Waals surface area contributed by atoms with Crippen molar-refractivity contribution in [1.82, 2.24) is 5.32 Å². The van der Waals surface area contributed by atoms with E-state index in [-0.39, 0.29) is 18.1 Å². The Kier molecular flexibility index (Phi) is 4.57. The second-order valence-electron chi connectivity index (χ2n) is 5.66. The van der Waals surface area contributed by atoms with Crippen LogP contribution in [-0.4, -0.2) is 36.9 Å². The number of carbonyl (C=O) groups is 2. The summed E-state index contributed by atoms with van der Waals surface area (Å²) in [5.41, 5.74) is 3.59. The quantitative estimate of drug-likeness (QED) is 0.928. The zero-order chi connectivity index (χ0) is 15.5. The van der Waals surface area contributed by atoms with Crippen LogP contribution in [0.5, 0.6) is 0 Å². The van der Waals surface area contributed by atoms with Gasteiger partial charge in [-0.25, -0.2) is 4.79 Å². The van der Waals surface area contributed by atoms with Crippen LogP contribution in [0.15, 0.2) is 18.2 Å². The third-order valence-electron chi connectivity index (χ3n) is 3.95. The fourth-order valence-electron chi connectivity index (χ4n) is 2.80. The van der Waals surface area contributed by atoms with Gasteiger partial charge in [0.15, 0.2) is 0 Å². The van der Waals surface area contributed by atoms with E-state index in [0.717, 1.165) is 17.9 Å². The standard InChI is InChI=1S/C16H20N2O3S/c1-11(19)17-8-15-9-18(16(20)21-15)14-5-4-12-3-2-6-22-10-13(12)7-14/h4-5,7,15H,2-3,6,8-10H2,1H3,(H,17,19)/t15-/m0/s1. The van der Waals surface area contributed by atoms with Crippen molar-refractivity contribution in [3.63, 3.8) is 0 Å². The Morgan fingerprint density at radius 2 is 2.32 bits per heavy atom. The number of fused-ring (bicyclic) bond motifs is 1. The van der Waals surface area contributed by atoms with E-state index in [9.17, 15) is 9.59 Å². The molecule has 2 heterocycles. The topological polar surface area (TPSA) is 58.6 Å². The number of benzene rings is 1. The van der Waals surface area contributed by atoms with E-state index in [1.165, 1.54) is 30.2 Å². The number of carbonyl (C=O) groups excluding carboxylic acids is 2. The van der Waals surface area contributed by atoms with E-state index in [2.05, 4.69) is 17.4 Å². The molecule has 22 heavy (non-hydrogen) atoms. The van der Waals surface area contributed by atoms with Crippen molar-refractivity contribution in [2.24, 2.45) is 0 Å². The Balaban J connectivity index is 1.72. The van der Waals surface area contributed by atoms with Crippen LogP contribution >= 0.6 is 11.8 Å². The van der Waals surface area contributed by atoms with E-state index in [0.29, 0.717) is 13.1 Å². The summed E-state index contributed by atoms with van der Waals surface area (Å²) in [6.45, 7) is 2.29. The van der Waals surface area contributed by atoms with Gasteiger partial charge in [-0.15, -0.1) is 0 Å². The normalized spacial score (nSPS) is 21.0. The van der Waals surface area contributed by atoms with Gasteiger partial charge in [0.2, 0.25) is 5.91 Å². The average molecular weight is 320 g/mol. The lowest BCUT2D eigenvalue weighted by Crippen LogP contribution is -2.33. The van der Waals surface area contributed by atoms with Crippen LogP contribution in [0, 0.1) is 0 Å². The molecule has 0 spiro atoms. The van der Waals surface area contributed by atoms with Crippen LogP contribution in [0.25, 0.3) is 0 Å². The fourth-order valence-corrected chi connectivity index (χ4v) is 3.78. The number of thioether (sulfide) groups is 1. The number of nitrogens with one attached hydrogen (secondary N) is 1. The van der Waals surface area contributed by atoms with Crippen molar-refractivity contribution in [3.8, 4) is 0 Å². The van der Waals surface area contributed by atoms with Gasteiger partial charge in [-0.1, -0.05) is 6.07 Å². The van der Waals surface area contributed by atoms with Crippen molar-refractivity contribution in [1.29, 1.82) is 0 Å². The van der Waals surface area contributed by atoms with Crippen LogP contribution < -0.4 is 10.2 Å². The summed E-state index contributed by atoms with van der Waals surface area (Å²) >= 11 is 1.94. The first-order valence-corrected chi connectivity index (χ1v) is 8.71. The summed E-state index contributed by atoms with van der Waals surface area (Å²) < 4.78 is 5.31. The third kappa shape index (κ3) is 3.38. The molecular formula is C16H20N2O3S. The second kappa shape index (κ2) is 6.60. The summed E-state index contributed by atoms with van der Waals surface area (Å²) in [4.78, 5) is 24.7. The molecular weight excluding hydrogens is 300 g/mol. The largest absolute Gasteiger partial charge is 0.442 e. The van der Waals surface area contributed by atoms with Crippen molar-refractivity contribution in [3.05, 3.63) is 29.3 Å². The maximum atomic E-state index is 12.1. The Morgan fingerprint density at radius 3 is 3.14 bits per heavy atom. The van der Waals surface area contributed by atoms with Crippen molar-refractivity contribution >= 4 is 29.4 Å². The van der Waals surface area contributed by atoms with Gasteiger partial charge in [0.05, 0.1) is 13.1 Å². The number of ether oxygens (including phenoxy) is 1. The number of cyclic esters (lactones) is 1. The monoisotopic (exact) mass is 320 g/mol. The molecule has 0 saturated carbocycles. The molecule has 1 atom stereocenters. The summed E-state index contributed by atoms with van der Waals surface area (Å²) in [5.74, 6) is 2.08. The molecule has 0 bridgehead atoms. The zero-order valence-corrected chi connectivity index (χ0v) is 13.4. The Morgan fingerprint density at radius 1 is 1.45 bits per heavy atom. The number of amides is 2. The molecule has 2 aliphatic rings. The van der Waals surface area contributed by atoms with Crippen LogP contribution in [-0.2, 0) is 21.7 Å². The first-order chi connectivity index (χ1) is 10.6. The van der Waals surface area contributed by atoms with Gasteiger partial charge in [-0.3, -0.25) is 9.69 Å². The van der Waals surface area contributed by atoms with Crippen LogP contribution in [0.2, 0.25) is 0 Å². The number of nitrogens with zero attached hydrogens (tertiary/aromatic N) is 1. The molecule has 6 heteroatoms. The van der Waals surface area contributed by atoms with E-state index >= 15 is 0 Å². The molecule has 0 aliphatic carbocycles. The van der Waals surface area contributed by atoms with Gasteiger partial charge in [0.1, 0.15) is 6.10 Å². The molecule has 5 nitrogen and oxygen atoms in total. The van der Waals surface area contributed by atoms with E-state index in [1.54, 1.807) is 4.90 Å². The molecule has 1 fully saturated rings. The predicted octanol–water partition coefficient (Wildman–Crippen LogP) is 2.33. The molecule has 1 aromatic rings. The Hall–Kier alpha value is -1.69. The number of anilines is 1. The fraction of sp³-hybridized carbons (Fsp3) is 0.500. The average Bonchev–Trinajstić information content (AvgIpc) is 2.71. The maximum absolute atomic E-state index is 12.1. The minimum Gasteiger partial charge on any atom is -0.442 e. The predicted molar refractivity (Wildman–Crippen MR) is 87.2 cm³/mol. The lowest BCUT2D eigenvalue weighted by Gasteiger charge is -2.16. The van der Waals surface area contributed by atoms with Crippen LogP contribution in [0.1, 0.15) is 24.5 Å². The highest BCUT2D eigenvalue weighted by Crippen LogP contribution is 2.29. The molecule has 118 valence electrons. The van der Waals surface area contributed by atoms with Crippen LogP contribution in [0.3, 0.4) is 0 Å². The highest BCUT2D eigenvalue weighted by Gasteiger charge is 2.32. The Labute approximate surface area is 134 Å². The lowest BCUT2D eigenvalue weighted by molar-refractivity contribution is -0.119. The summed E-state index contributed by atoms with van der Waals surface area (Å²) in [5, 5.41) is 2.69. The molecule has 0 aromatic heterocycles. The molecule has 0 unspecified atom stereocenters. The smallest absolute Gasteiger partial charge is 0.414 e. The van der Waals surface area contributed by atoms with E-state index < -0.39 is 0 Å². The minimum atomic E-state index is -0.337. The van der Waals surface area contributed by atoms with Gasteiger partial charge in [-0.05, 0) is 41.9 Å². The van der Waals surface area contributed by atoms with Crippen molar-refractivity contribution < 1.29 is 14.3 Å². The Bertz CT molecular complexity index is 591. The molecule has 2 amide bonds. The molecule has 1 N–H and O–H groups in total. The first-order valence-electron chi connectivity index (χ1n) is 7.55. The highest BCUT2D eigenvalue weighted by atomic mass is 32.2. The third-order valence-corrected chi connectivity index (χ3v) is 5.04. The highest BCUT2D eigenvalue weighted by molar-refractivity contribution is 7.98. The molecule has 3 rings (SSSR count). The van der Waals surface area contributed by atoms with Gasteiger partial charge in [-0.2, -0.15) is 11.8 Å². The number of aryl methyl sites for hydroxylation is 1. The van der Waals surface area contributed by atoms with E-state index in [1.807, 2.05) is 17.8 Å². The number of rotatable bonds is 3. The first kappa shape index (κ1) is 15.2. The maximum Gasteiger partial charge on any atom is 0.414 e. The minimum absolute atomic E-state index is 0.114. The van der Waals surface area contributed by atoms with Gasteiger partial charge in [0, 0.05) is 18.4 Å². The van der Waals surface area contributed by atoms with Gasteiger partial charge >= 0.3 is 6.09 Å². The van der Waals surface area contributed by atoms with Gasteiger partial charge in [0.25, 0.3) is 0 Å². The summed E-state index contributed by atoms with van der Waals surface area (Å²) in [7, 11) is 0. The number of hydrogen-bond donors (Lipinski definition) is 1. The number of hydrogen-bond acceptors (Lipinski definition) is 4. The molecule has 1 saturated heterocycles. The van der Waals surface area contributed by atoms with Gasteiger partial charge < -0.3 is 10.1 Å². The molecule has 1 aromatic carbocycles. The summed E-state index contributed by atoms with van der Waals surface area (Å²) in [6.07, 6.45) is 1.70. The van der Waals surface area contributed by atoms with Crippen molar-refractivity contribution in [2.45, 2.75) is 31.6 Å². The SMILES string of the molecule is CC(=O)NC[C@H]1CN(c2ccc3c(c2)CSCCC3)C(=O)O1. The lowest BCUT2D eigenvalue weighted by atomic mass is 10.0. The van der Waals surface area contributed by atoms with Crippen molar-refractivity contribution in [2.75, 3.05) is 23.7 Å². The molecule has 0 radical (unpaired) electrons. The van der Waals surface area contributed by atoms with E-state index in [4.69, 9.17) is 4.74 Å². The zero-order valence-electron chi connectivity index (χ0n) is 12.6.